The summed E-state index contributed by atoms with van der Waals surface area (Å²) in [5.74, 6) is -1.84. The molecular weight excluding hydrogens is 250 g/mol. The Morgan fingerprint density at radius 3 is 2.68 bits per heavy atom. The lowest BCUT2D eigenvalue weighted by Crippen LogP contribution is -2.50. The second-order valence-corrected chi connectivity index (χ2v) is 5.06. The van der Waals surface area contributed by atoms with Gasteiger partial charge in [-0.2, -0.15) is 0 Å². The smallest absolute Gasteiger partial charge is 0.256 e. The fourth-order valence-corrected chi connectivity index (χ4v) is 2.62. The largest absolute Gasteiger partial charge is 0.337 e. The molecule has 0 aromatic heterocycles. The van der Waals surface area contributed by atoms with E-state index in [9.17, 15) is 13.6 Å². The van der Waals surface area contributed by atoms with Gasteiger partial charge in [0.2, 0.25) is 0 Å². The molecule has 1 aromatic rings. The van der Waals surface area contributed by atoms with Crippen LogP contribution in [-0.4, -0.2) is 29.9 Å². The predicted octanol–water partition coefficient (Wildman–Crippen LogP) is 2.31. The van der Waals surface area contributed by atoms with Crippen molar-refractivity contribution in [1.29, 1.82) is 0 Å². The number of nitrogens with zero attached hydrogens (tertiary/aromatic N) is 1. The maximum atomic E-state index is 13.6. The van der Waals surface area contributed by atoms with Crippen LogP contribution in [0.4, 0.5) is 8.78 Å². The first-order chi connectivity index (χ1) is 9.00. The van der Waals surface area contributed by atoms with Gasteiger partial charge in [-0.05, 0) is 31.0 Å². The molecule has 5 heteroatoms. The van der Waals surface area contributed by atoms with Crippen molar-refractivity contribution in [2.75, 3.05) is 7.05 Å². The molecule has 1 aliphatic carbocycles. The number of rotatable bonds is 2. The van der Waals surface area contributed by atoms with E-state index >= 15 is 0 Å². The summed E-state index contributed by atoms with van der Waals surface area (Å²) < 4.78 is 26.7. The highest BCUT2D eigenvalue weighted by molar-refractivity contribution is 5.94. The molecule has 0 heterocycles. The van der Waals surface area contributed by atoms with Crippen LogP contribution in [0.3, 0.4) is 0 Å². The Hall–Kier alpha value is -1.49. The van der Waals surface area contributed by atoms with Crippen LogP contribution in [0, 0.1) is 11.6 Å². The van der Waals surface area contributed by atoms with E-state index in [0.29, 0.717) is 0 Å². The zero-order chi connectivity index (χ0) is 14.0. The summed E-state index contributed by atoms with van der Waals surface area (Å²) in [6.45, 7) is 0. The van der Waals surface area contributed by atoms with Gasteiger partial charge in [-0.1, -0.05) is 12.8 Å². The summed E-state index contributed by atoms with van der Waals surface area (Å²) in [5.41, 5.74) is 5.77. The number of hydrogen-bond donors (Lipinski definition) is 1. The van der Waals surface area contributed by atoms with Crippen LogP contribution in [0.5, 0.6) is 0 Å². The molecule has 0 spiro atoms. The van der Waals surface area contributed by atoms with Crippen LogP contribution < -0.4 is 5.73 Å². The van der Waals surface area contributed by atoms with Crippen LogP contribution in [0.15, 0.2) is 18.2 Å². The van der Waals surface area contributed by atoms with Crippen LogP contribution >= 0.6 is 0 Å². The number of benzene rings is 1. The third kappa shape index (κ3) is 2.92. The van der Waals surface area contributed by atoms with Crippen LogP contribution in [0.2, 0.25) is 0 Å². The van der Waals surface area contributed by atoms with Gasteiger partial charge in [-0.3, -0.25) is 4.79 Å². The lowest BCUT2D eigenvalue weighted by molar-refractivity contribution is 0.0667. The summed E-state index contributed by atoms with van der Waals surface area (Å²) in [6, 6.07) is 2.70. The van der Waals surface area contributed by atoms with Crippen molar-refractivity contribution in [3.63, 3.8) is 0 Å². The Labute approximate surface area is 111 Å². The fraction of sp³-hybridized carbons (Fsp3) is 0.500. The molecule has 2 N–H and O–H groups in total. The van der Waals surface area contributed by atoms with Crippen molar-refractivity contribution in [3.8, 4) is 0 Å². The summed E-state index contributed by atoms with van der Waals surface area (Å²) >= 11 is 0. The molecule has 1 saturated carbocycles. The molecule has 1 aliphatic rings. The molecule has 0 bridgehead atoms. The first-order valence-electron chi connectivity index (χ1n) is 6.48. The Kier molecular flexibility index (Phi) is 4.14. The third-order valence-corrected chi connectivity index (χ3v) is 3.76. The van der Waals surface area contributed by atoms with Crippen molar-refractivity contribution in [2.24, 2.45) is 5.73 Å². The predicted molar refractivity (Wildman–Crippen MR) is 68.7 cm³/mol. The highest BCUT2D eigenvalue weighted by Gasteiger charge is 2.29. The first-order valence-corrected chi connectivity index (χ1v) is 6.48. The van der Waals surface area contributed by atoms with Crippen LogP contribution in [0.25, 0.3) is 0 Å². The van der Waals surface area contributed by atoms with Gasteiger partial charge in [0.25, 0.3) is 5.91 Å². The monoisotopic (exact) mass is 268 g/mol. The van der Waals surface area contributed by atoms with Gasteiger partial charge in [0.05, 0.1) is 5.56 Å². The van der Waals surface area contributed by atoms with E-state index in [1.807, 2.05) is 0 Å². The van der Waals surface area contributed by atoms with E-state index in [1.54, 1.807) is 7.05 Å². The maximum Gasteiger partial charge on any atom is 0.256 e. The molecule has 1 fully saturated rings. The number of carbonyl (C=O) groups is 1. The van der Waals surface area contributed by atoms with E-state index in [2.05, 4.69) is 0 Å². The summed E-state index contributed by atoms with van der Waals surface area (Å²) in [4.78, 5) is 13.7. The molecule has 2 unspecified atom stereocenters. The van der Waals surface area contributed by atoms with Crippen molar-refractivity contribution in [2.45, 2.75) is 37.8 Å². The van der Waals surface area contributed by atoms with Crippen LogP contribution in [0.1, 0.15) is 36.0 Å². The number of likely N-dealkylation sites (N-methyl/N-ethyl adjacent to an activating group) is 1. The van der Waals surface area contributed by atoms with Crippen molar-refractivity contribution >= 4 is 5.91 Å². The maximum absolute atomic E-state index is 13.6. The lowest BCUT2D eigenvalue weighted by Gasteiger charge is -2.36. The molecule has 1 aromatic carbocycles. The number of amides is 1. The zero-order valence-electron chi connectivity index (χ0n) is 10.9. The molecule has 3 nitrogen and oxygen atoms in total. The Balaban J connectivity index is 2.20. The van der Waals surface area contributed by atoms with Crippen molar-refractivity contribution in [3.05, 3.63) is 35.4 Å². The first kappa shape index (κ1) is 13.9. The van der Waals surface area contributed by atoms with Crippen molar-refractivity contribution in [1.82, 2.24) is 4.90 Å². The minimum Gasteiger partial charge on any atom is -0.337 e. The molecule has 2 rings (SSSR count). The third-order valence-electron chi connectivity index (χ3n) is 3.76. The van der Waals surface area contributed by atoms with E-state index < -0.39 is 17.5 Å². The molecule has 0 aliphatic heterocycles. The molecular formula is C14H18F2N2O. The molecule has 0 radical (unpaired) electrons. The molecule has 2 atom stereocenters. The number of halogens is 2. The van der Waals surface area contributed by atoms with Gasteiger partial charge in [0, 0.05) is 19.1 Å². The second-order valence-electron chi connectivity index (χ2n) is 5.06. The minimum absolute atomic E-state index is 0.0979. The Bertz CT molecular complexity index is 479. The minimum atomic E-state index is -0.706. The van der Waals surface area contributed by atoms with Gasteiger partial charge in [0.15, 0.2) is 0 Å². The fourth-order valence-electron chi connectivity index (χ4n) is 2.62. The summed E-state index contributed by atoms with van der Waals surface area (Å²) in [7, 11) is 1.60. The highest BCUT2D eigenvalue weighted by atomic mass is 19.1. The zero-order valence-corrected chi connectivity index (χ0v) is 10.9. The second kappa shape index (κ2) is 5.65. The van der Waals surface area contributed by atoms with Gasteiger partial charge in [0.1, 0.15) is 11.6 Å². The Morgan fingerprint density at radius 1 is 1.32 bits per heavy atom. The number of nitrogens with two attached hydrogens (primary N) is 1. The van der Waals surface area contributed by atoms with Crippen molar-refractivity contribution < 1.29 is 13.6 Å². The standard InChI is InChI=1S/C14H18F2N2O/c1-18(13-5-3-2-4-12(13)17)14(19)10-8-9(15)6-7-11(10)16/h6-8,12-13H,2-5,17H2,1H3. The summed E-state index contributed by atoms with van der Waals surface area (Å²) in [5, 5.41) is 0. The van der Waals surface area contributed by atoms with E-state index in [1.165, 1.54) is 4.90 Å². The molecule has 0 saturated heterocycles. The quantitative estimate of drug-likeness (QED) is 0.894. The highest BCUT2D eigenvalue weighted by Crippen LogP contribution is 2.23. The molecule has 104 valence electrons. The number of hydrogen-bond acceptors (Lipinski definition) is 2. The van der Waals surface area contributed by atoms with Gasteiger partial charge in [-0.25, -0.2) is 8.78 Å². The molecule has 1 amide bonds. The average molecular weight is 268 g/mol. The summed E-state index contributed by atoms with van der Waals surface area (Å²) in [6.07, 6.45) is 3.71. The topological polar surface area (TPSA) is 46.3 Å². The van der Waals surface area contributed by atoms with Gasteiger partial charge >= 0.3 is 0 Å². The van der Waals surface area contributed by atoms with E-state index in [-0.39, 0.29) is 17.6 Å². The van der Waals surface area contributed by atoms with E-state index in [4.69, 9.17) is 5.73 Å². The van der Waals surface area contributed by atoms with Gasteiger partial charge in [-0.15, -0.1) is 0 Å². The van der Waals surface area contributed by atoms with Gasteiger partial charge < -0.3 is 10.6 Å². The number of carbonyl (C=O) groups excluding carboxylic acids is 1. The van der Waals surface area contributed by atoms with E-state index in [0.717, 1.165) is 43.9 Å². The normalized spacial score (nSPS) is 23.2. The lowest BCUT2D eigenvalue weighted by atomic mass is 9.90. The molecule has 19 heavy (non-hydrogen) atoms. The average Bonchev–Trinajstić information content (AvgIpc) is 2.40. The van der Waals surface area contributed by atoms with Crippen LogP contribution in [-0.2, 0) is 0 Å². The Morgan fingerprint density at radius 2 is 2.00 bits per heavy atom. The SMILES string of the molecule is CN(C(=O)c1cc(F)ccc1F)C1CCCCC1N.